The first-order valence-corrected chi connectivity index (χ1v) is 11.5. The lowest BCUT2D eigenvalue weighted by Gasteiger charge is -2.29. The van der Waals surface area contributed by atoms with Gasteiger partial charge in [-0.1, -0.05) is 34.5 Å². The second kappa shape index (κ2) is 9.12. The Labute approximate surface area is 209 Å². The highest BCUT2D eigenvalue weighted by molar-refractivity contribution is 6.36. The highest BCUT2D eigenvalue weighted by Gasteiger charge is 2.39. The second-order valence-corrected chi connectivity index (χ2v) is 9.05. The summed E-state index contributed by atoms with van der Waals surface area (Å²) in [7, 11) is 0. The molecule has 0 radical (unpaired) electrons. The number of imide groups is 1. The molecule has 178 valence electrons. The molecule has 3 heterocycles. The van der Waals surface area contributed by atoms with Gasteiger partial charge in [0, 0.05) is 40.4 Å². The number of nitrogens with one attached hydrogen (secondary N) is 2. The summed E-state index contributed by atoms with van der Waals surface area (Å²) in [6, 6.07) is 9.28. The molecule has 3 aromatic rings. The molecular formula is C23H18Cl2N6O4. The summed E-state index contributed by atoms with van der Waals surface area (Å²) in [5.41, 5.74) is 2.62. The monoisotopic (exact) mass is 512 g/mol. The maximum Gasteiger partial charge on any atom is 0.255 e. The molecule has 12 heteroatoms. The van der Waals surface area contributed by atoms with Crippen LogP contribution < -0.4 is 10.6 Å². The van der Waals surface area contributed by atoms with E-state index in [4.69, 9.17) is 23.2 Å². The van der Waals surface area contributed by atoms with E-state index < -0.39 is 11.9 Å². The van der Waals surface area contributed by atoms with Crippen LogP contribution in [0.3, 0.4) is 0 Å². The smallest absolute Gasteiger partial charge is 0.255 e. The van der Waals surface area contributed by atoms with E-state index in [9.17, 15) is 19.2 Å². The maximum atomic E-state index is 12.9. The number of carbonyl (C=O) groups excluding carboxylic acids is 4. The second-order valence-electron chi connectivity index (χ2n) is 8.21. The number of benzene rings is 2. The molecule has 1 fully saturated rings. The van der Waals surface area contributed by atoms with Crippen LogP contribution in [0.5, 0.6) is 0 Å². The Hall–Kier alpha value is -3.76. The third kappa shape index (κ3) is 4.50. The lowest BCUT2D eigenvalue weighted by molar-refractivity contribution is -0.137. The topological polar surface area (TPSA) is 126 Å². The van der Waals surface area contributed by atoms with Crippen LogP contribution in [0.15, 0.2) is 42.6 Å². The molecule has 10 nitrogen and oxygen atoms in total. The third-order valence-electron chi connectivity index (χ3n) is 5.91. The van der Waals surface area contributed by atoms with Crippen LogP contribution >= 0.6 is 23.2 Å². The van der Waals surface area contributed by atoms with Gasteiger partial charge in [0.25, 0.3) is 5.91 Å². The van der Waals surface area contributed by atoms with Crippen LogP contribution in [0.2, 0.25) is 10.0 Å². The van der Waals surface area contributed by atoms with Gasteiger partial charge in [0.15, 0.2) is 0 Å². The van der Waals surface area contributed by atoms with Crippen LogP contribution in [-0.2, 0) is 27.5 Å². The van der Waals surface area contributed by atoms with Crippen molar-refractivity contribution in [2.75, 3.05) is 5.32 Å². The Bertz CT molecular complexity index is 1390. The molecule has 5 rings (SSSR count). The molecule has 1 aromatic heterocycles. The number of aromatic nitrogens is 3. The highest BCUT2D eigenvalue weighted by atomic mass is 35.5. The fourth-order valence-corrected chi connectivity index (χ4v) is 4.74. The van der Waals surface area contributed by atoms with Gasteiger partial charge in [-0.15, -0.1) is 5.10 Å². The Balaban J connectivity index is 1.29. The molecule has 0 saturated carbocycles. The number of nitrogens with zero attached hydrogens (tertiary/aromatic N) is 4. The Morgan fingerprint density at radius 3 is 2.74 bits per heavy atom. The molecule has 35 heavy (non-hydrogen) atoms. The minimum atomic E-state index is -0.732. The van der Waals surface area contributed by atoms with E-state index in [1.165, 1.54) is 9.58 Å². The number of amides is 4. The van der Waals surface area contributed by atoms with Crippen molar-refractivity contribution in [1.82, 2.24) is 25.2 Å². The molecule has 0 bridgehead atoms. The first-order chi connectivity index (χ1) is 16.8. The Kier molecular flexibility index (Phi) is 6.00. The number of hydrogen-bond donors (Lipinski definition) is 2. The maximum absolute atomic E-state index is 12.9. The first kappa shape index (κ1) is 23.0. The van der Waals surface area contributed by atoms with Gasteiger partial charge in [0.05, 0.1) is 11.2 Å². The van der Waals surface area contributed by atoms with Crippen LogP contribution in [0, 0.1) is 0 Å². The molecule has 0 spiro atoms. The van der Waals surface area contributed by atoms with Crippen LogP contribution in [0.4, 0.5) is 5.69 Å². The predicted molar refractivity (Wildman–Crippen MR) is 127 cm³/mol. The number of carbonyl (C=O) groups is 4. The quantitative estimate of drug-likeness (QED) is 0.506. The lowest BCUT2D eigenvalue weighted by atomic mass is 10.0. The fourth-order valence-electron chi connectivity index (χ4n) is 4.24. The SMILES string of the molecule is O=C1CCC(N2Cc3c(NC(=O)Cn4cc(-c5ccc(Cl)cc5Cl)nn4)cccc3C2=O)C(=O)N1. The summed E-state index contributed by atoms with van der Waals surface area (Å²) in [5, 5.41) is 14.1. The molecular weight excluding hydrogens is 495 g/mol. The van der Waals surface area contributed by atoms with Gasteiger partial charge in [-0.05, 0) is 36.8 Å². The zero-order valence-electron chi connectivity index (χ0n) is 18.1. The van der Waals surface area contributed by atoms with Gasteiger partial charge in [-0.2, -0.15) is 0 Å². The normalized spacial score (nSPS) is 17.4. The van der Waals surface area contributed by atoms with Gasteiger partial charge >= 0.3 is 0 Å². The van der Waals surface area contributed by atoms with Gasteiger partial charge < -0.3 is 10.2 Å². The summed E-state index contributed by atoms with van der Waals surface area (Å²) < 4.78 is 1.37. The third-order valence-corrected chi connectivity index (χ3v) is 6.46. The van der Waals surface area contributed by atoms with E-state index >= 15 is 0 Å². The van der Waals surface area contributed by atoms with Crippen molar-refractivity contribution in [3.63, 3.8) is 0 Å². The van der Waals surface area contributed by atoms with Gasteiger partial charge in [0.2, 0.25) is 17.7 Å². The van der Waals surface area contributed by atoms with Crippen LogP contribution in [0.1, 0.15) is 28.8 Å². The standard InChI is InChI=1S/C23H18Cl2N6O4/c24-12-4-5-14(16(25)8-12)18-10-30(29-28-18)11-21(33)26-17-3-1-2-13-15(17)9-31(23(13)35)19-6-7-20(32)27-22(19)34/h1-5,8,10,19H,6-7,9,11H2,(H,26,33)(H,27,32,34). The van der Waals surface area contributed by atoms with Gasteiger partial charge in [0.1, 0.15) is 18.3 Å². The van der Waals surface area contributed by atoms with E-state index in [-0.39, 0.29) is 43.7 Å². The average Bonchev–Trinajstić information content (AvgIpc) is 3.39. The largest absolute Gasteiger partial charge is 0.324 e. The van der Waals surface area contributed by atoms with Crippen LogP contribution in [0.25, 0.3) is 11.3 Å². The average molecular weight is 513 g/mol. The van der Waals surface area contributed by atoms with Crippen molar-refractivity contribution in [3.8, 4) is 11.3 Å². The van der Waals surface area contributed by atoms with E-state index in [2.05, 4.69) is 20.9 Å². The van der Waals surface area contributed by atoms with Crippen molar-refractivity contribution >= 4 is 52.5 Å². The summed E-state index contributed by atoms with van der Waals surface area (Å²) in [6.07, 6.45) is 2.03. The Morgan fingerprint density at radius 2 is 1.97 bits per heavy atom. The van der Waals surface area contributed by atoms with Crippen molar-refractivity contribution in [3.05, 3.63) is 63.8 Å². The number of rotatable bonds is 5. The van der Waals surface area contributed by atoms with Crippen molar-refractivity contribution < 1.29 is 19.2 Å². The number of anilines is 1. The fraction of sp³-hybridized carbons (Fsp3) is 0.217. The first-order valence-electron chi connectivity index (χ1n) is 10.7. The van der Waals surface area contributed by atoms with Crippen molar-refractivity contribution in [2.24, 2.45) is 0 Å². The zero-order chi connectivity index (χ0) is 24.7. The van der Waals surface area contributed by atoms with E-state index in [0.29, 0.717) is 38.1 Å². The molecule has 1 atom stereocenters. The predicted octanol–water partition coefficient (Wildman–Crippen LogP) is 2.65. The molecule has 0 aliphatic carbocycles. The molecule has 4 amide bonds. The molecule has 1 unspecified atom stereocenters. The van der Waals surface area contributed by atoms with Crippen molar-refractivity contribution in [1.29, 1.82) is 0 Å². The molecule has 2 aliphatic rings. The van der Waals surface area contributed by atoms with E-state index in [1.54, 1.807) is 42.6 Å². The molecule has 1 saturated heterocycles. The minimum absolute atomic E-state index is 0.118. The number of hydrogen-bond acceptors (Lipinski definition) is 6. The number of fused-ring (bicyclic) bond motifs is 1. The van der Waals surface area contributed by atoms with E-state index in [0.717, 1.165) is 0 Å². The Morgan fingerprint density at radius 1 is 1.14 bits per heavy atom. The summed E-state index contributed by atoms with van der Waals surface area (Å²) >= 11 is 12.2. The number of halogens is 2. The van der Waals surface area contributed by atoms with E-state index in [1.807, 2.05) is 0 Å². The molecule has 2 aromatic carbocycles. The van der Waals surface area contributed by atoms with Gasteiger partial charge in [-0.3, -0.25) is 24.5 Å². The highest BCUT2D eigenvalue weighted by Crippen LogP contribution is 2.32. The van der Waals surface area contributed by atoms with Crippen molar-refractivity contribution in [2.45, 2.75) is 32.0 Å². The minimum Gasteiger partial charge on any atom is -0.324 e. The zero-order valence-corrected chi connectivity index (χ0v) is 19.6. The van der Waals surface area contributed by atoms with Gasteiger partial charge in [-0.25, -0.2) is 4.68 Å². The lowest BCUT2D eigenvalue weighted by Crippen LogP contribution is -2.52. The number of piperidine rings is 1. The molecule has 2 aliphatic heterocycles. The summed E-state index contributed by atoms with van der Waals surface area (Å²) in [6.45, 7) is 0.0338. The molecule has 2 N–H and O–H groups in total. The summed E-state index contributed by atoms with van der Waals surface area (Å²) in [5.74, 6) is -1.52. The van der Waals surface area contributed by atoms with Crippen LogP contribution in [-0.4, -0.2) is 49.6 Å². The summed E-state index contributed by atoms with van der Waals surface area (Å²) in [4.78, 5) is 50.9.